The highest BCUT2D eigenvalue weighted by Gasteiger charge is 2.35. The van der Waals surface area contributed by atoms with Gasteiger partial charge in [0.1, 0.15) is 0 Å². The molecule has 0 aliphatic carbocycles. The van der Waals surface area contributed by atoms with E-state index in [9.17, 15) is 4.79 Å². The predicted molar refractivity (Wildman–Crippen MR) is 52.6 cm³/mol. The largest absolute Gasteiger partial charge is 0.296 e. The topological polar surface area (TPSA) is 20.3 Å². The molecular formula is C11H17NO. The summed E-state index contributed by atoms with van der Waals surface area (Å²) in [5.41, 5.74) is 1.06. The van der Waals surface area contributed by atoms with Crippen molar-refractivity contribution in [1.82, 2.24) is 4.90 Å². The standard InChI is InChI=1S/C11H17NO/c1-8(13)10-5-3-4-9-6-7-11(10)12(9)2/h5,9,11H,3-4,6-7H2,1-2H3/t9-,11-/m1/s1. The number of Topliss-reactive ketones (excluding diaryl/α,β-unsaturated/α-hetero) is 1. The van der Waals surface area contributed by atoms with Crippen LogP contribution in [0.2, 0.25) is 0 Å². The Hall–Kier alpha value is -0.630. The minimum absolute atomic E-state index is 0.263. The molecule has 0 aromatic rings. The third-order valence-electron chi connectivity index (χ3n) is 3.47. The van der Waals surface area contributed by atoms with Crippen molar-refractivity contribution in [3.63, 3.8) is 0 Å². The number of rotatable bonds is 1. The predicted octanol–water partition coefficient (Wildman–Crippen LogP) is 1.76. The van der Waals surface area contributed by atoms with E-state index in [1.807, 2.05) is 0 Å². The van der Waals surface area contributed by atoms with Gasteiger partial charge in [-0.15, -0.1) is 0 Å². The molecule has 2 rings (SSSR count). The lowest BCUT2D eigenvalue weighted by atomic mass is 9.97. The molecule has 2 nitrogen and oxygen atoms in total. The number of hydrogen-bond acceptors (Lipinski definition) is 2. The maximum absolute atomic E-state index is 11.4. The summed E-state index contributed by atoms with van der Waals surface area (Å²) in [5.74, 6) is 0.263. The number of allylic oxidation sites excluding steroid dienone is 1. The second-order valence-electron chi connectivity index (χ2n) is 4.21. The SMILES string of the molecule is CC(=O)C1=CCC[C@@H]2CC[C@H]1N2C. The zero-order valence-corrected chi connectivity index (χ0v) is 8.42. The molecule has 0 amide bonds. The van der Waals surface area contributed by atoms with Crippen molar-refractivity contribution in [2.75, 3.05) is 7.05 Å². The van der Waals surface area contributed by atoms with E-state index in [0.29, 0.717) is 6.04 Å². The van der Waals surface area contributed by atoms with Crippen molar-refractivity contribution in [1.29, 1.82) is 0 Å². The zero-order valence-electron chi connectivity index (χ0n) is 8.42. The van der Waals surface area contributed by atoms with Crippen LogP contribution in [0.15, 0.2) is 11.6 Å². The highest BCUT2D eigenvalue weighted by Crippen LogP contribution is 2.33. The van der Waals surface area contributed by atoms with E-state index in [0.717, 1.165) is 18.0 Å². The zero-order chi connectivity index (χ0) is 9.42. The summed E-state index contributed by atoms with van der Waals surface area (Å²) in [4.78, 5) is 13.8. The minimum Gasteiger partial charge on any atom is -0.296 e. The summed E-state index contributed by atoms with van der Waals surface area (Å²) in [6.45, 7) is 1.69. The molecule has 1 saturated heterocycles. The molecule has 0 saturated carbocycles. The van der Waals surface area contributed by atoms with E-state index in [1.165, 1.54) is 19.3 Å². The molecule has 2 heterocycles. The van der Waals surface area contributed by atoms with E-state index < -0.39 is 0 Å². The van der Waals surface area contributed by atoms with Crippen LogP contribution in [-0.4, -0.2) is 29.8 Å². The maximum Gasteiger partial charge on any atom is 0.157 e. The summed E-state index contributed by atoms with van der Waals surface area (Å²) >= 11 is 0. The van der Waals surface area contributed by atoms with Crippen LogP contribution in [-0.2, 0) is 4.79 Å². The summed E-state index contributed by atoms with van der Waals surface area (Å²) < 4.78 is 0. The number of hydrogen-bond donors (Lipinski definition) is 0. The van der Waals surface area contributed by atoms with Gasteiger partial charge in [0.25, 0.3) is 0 Å². The second-order valence-corrected chi connectivity index (χ2v) is 4.21. The Bertz CT molecular complexity index is 257. The van der Waals surface area contributed by atoms with Gasteiger partial charge in [0.05, 0.1) is 0 Å². The molecule has 2 aliphatic rings. The fourth-order valence-electron chi connectivity index (χ4n) is 2.68. The average molecular weight is 179 g/mol. The molecule has 2 atom stereocenters. The first-order valence-corrected chi connectivity index (χ1v) is 5.13. The molecule has 0 aromatic heterocycles. The number of carbonyl (C=O) groups excluding carboxylic acids is 1. The van der Waals surface area contributed by atoms with Crippen LogP contribution in [0.25, 0.3) is 0 Å². The van der Waals surface area contributed by atoms with Gasteiger partial charge in [-0.2, -0.15) is 0 Å². The Morgan fingerprint density at radius 3 is 2.92 bits per heavy atom. The van der Waals surface area contributed by atoms with E-state index in [1.54, 1.807) is 6.92 Å². The average Bonchev–Trinajstić information content (AvgIpc) is 2.26. The molecule has 2 heteroatoms. The summed E-state index contributed by atoms with van der Waals surface area (Å²) in [5, 5.41) is 0. The van der Waals surface area contributed by atoms with E-state index in [4.69, 9.17) is 0 Å². The maximum atomic E-state index is 11.4. The van der Waals surface area contributed by atoms with Crippen molar-refractivity contribution >= 4 is 5.78 Å². The van der Waals surface area contributed by atoms with E-state index in [-0.39, 0.29) is 5.78 Å². The van der Waals surface area contributed by atoms with Gasteiger partial charge in [-0.1, -0.05) is 6.08 Å². The first kappa shape index (κ1) is 8.95. The molecule has 0 unspecified atom stereocenters. The van der Waals surface area contributed by atoms with Crippen LogP contribution in [0.1, 0.15) is 32.6 Å². The van der Waals surface area contributed by atoms with Crippen molar-refractivity contribution in [3.8, 4) is 0 Å². The third kappa shape index (κ3) is 1.44. The van der Waals surface area contributed by atoms with Crippen LogP contribution in [0.4, 0.5) is 0 Å². The van der Waals surface area contributed by atoms with Gasteiger partial charge < -0.3 is 0 Å². The Balaban J connectivity index is 2.27. The monoisotopic (exact) mass is 179 g/mol. The highest BCUT2D eigenvalue weighted by molar-refractivity contribution is 5.94. The number of nitrogens with zero attached hydrogens (tertiary/aromatic N) is 1. The highest BCUT2D eigenvalue weighted by atomic mass is 16.1. The molecule has 2 aliphatic heterocycles. The number of likely N-dealkylation sites (N-methyl/N-ethyl adjacent to an activating group) is 1. The van der Waals surface area contributed by atoms with Gasteiger partial charge in [-0.3, -0.25) is 9.69 Å². The van der Waals surface area contributed by atoms with Gasteiger partial charge in [-0.05, 0) is 39.7 Å². The Kier molecular flexibility index (Phi) is 2.24. The number of ketones is 1. The van der Waals surface area contributed by atoms with Crippen LogP contribution >= 0.6 is 0 Å². The quantitative estimate of drug-likeness (QED) is 0.611. The van der Waals surface area contributed by atoms with Gasteiger partial charge in [-0.25, -0.2) is 0 Å². The normalized spacial score (nSPS) is 34.2. The Morgan fingerprint density at radius 2 is 2.23 bits per heavy atom. The van der Waals surface area contributed by atoms with E-state index in [2.05, 4.69) is 18.0 Å². The molecule has 0 aromatic carbocycles. The fraction of sp³-hybridized carbons (Fsp3) is 0.727. The fourth-order valence-corrected chi connectivity index (χ4v) is 2.68. The van der Waals surface area contributed by atoms with Crippen molar-refractivity contribution < 1.29 is 4.79 Å². The lowest BCUT2D eigenvalue weighted by Gasteiger charge is -2.23. The molecule has 0 N–H and O–H groups in total. The van der Waals surface area contributed by atoms with E-state index >= 15 is 0 Å². The Labute approximate surface area is 79.6 Å². The van der Waals surface area contributed by atoms with Crippen molar-refractivity contribution in [2.24, 2.45) is 0 Å². The second kappa shape index (κ2) is 3.26. The molecule has 1 fully saturated rings. The van der Waals surface area contributed by atoms with Gasteiger partial charge in [0.2, 0.25) is 0 Å². The van der Waals surface area contributed by atoms with Crippen LogP contribution in [0.5, 0.6) is 0 Å². The summed E-state index contributed by atoms with van der Waals surface area (Å²) in [6, 6.07) is 1.14. The number of fused-ring (bicyclic) bond motifs is 2. The van der Waals surface area contributed by atoms with Gasteiger partial charge in [0, 0.05) is 17.7 Å². The molecule has 72 valence electrons. The summed E-state index contributed by atoms with van der Waals surface area (Å²) in [7, 11) is 2.16. The minimum atomic E-state index is 0.263. The lowest BCUT2D eigenvalue weighted by molar-refractivity contribution is -0.114. The smallest absolute Gasteiger partial charge is 0.157 e. The Morgan fingerprint density at radius 1 is 1.46 bits per heavy atom. The molecular weight excluding hydrogens is 162 g/mol. The first-order valence-electron chi connectivity index (χ1n) is 5.13. The molecule has 0 radical (unpaired) electrons. The van der Waals surface area contributed by atoms with Crippen molar-refractivity contribution in [3.05, 3.63) is 11.6 Å². The molecule has 2 bridgehead atoms. The molecule has 13 heavy (non-hydrogen) atoms. The van der Waals surface area contributed by atoms with Crippen LogP contribution in [0, 0.1) is 0 Å². The summed E-state index contributed by atoms with van der Waals surface area (Å²) in [6.07, 6.45) is 6.91. The number of carbonyl (C=O) groups is 1. The van der Waals surface area contributed by atoms with Crippen LogP contribution in [0.3, 0.4) is 0 Å². The molecule has 0 spiro atoms. The first-order chi connectivity index (χ1) is 6.20. The van der Waals surface area contributed by atoms with Crippen molar-refractivity contribution in [2.45, 2.75) is 44.7 Å². The lowest BCUT2D eigenvalue weighted by Crippen LogP contribution is -2.33. The van der Waals surface area contributed by atoms with Gasteiger partial charge >= 0.3 is 0 Å². The van der Waals surface area contributed by atoms with Crippen LogP contribution < -0.4 is 0 Å². The van der Waals surface area contributed by atoms with Gasteiger partial charge in [0.15, 0.2) is 5.78 Å². The third-order valence-corrected chi connectivity index (χ3v) is 3.47.